The summed E-state index contributed by atoms with van der Waals surface area (Å²) in [5.74, 6) is 0.415. The van der Waals surface area contributed by atoms with Crippen LogP contribution in [0.4, 0.5) is 0 Å². The van der Waals surface area contributed by atoms with Crippen LogP contribution in [0.5, 0.6) is 0 Å². The smallest absolute Gasteiger partial charge is 0.227 e. The zero-order valence-electron chi connectivity index (χ0n) is 15.5. The molecular formula is C19H30N4O2. The quantitative estimate of drug-likeness (QED) is 0.791. The molecule has 6 nitrogen and oxygen atoms in total. The highest BCUT2D eigenvalue weighted by Gasteiger charge is 2.35. The van der Waals surface area contributed by atoms with Gasteiger partial charge in [-0.25, -0.2) is 0 Å². The normalized spacial score (nSPS) is 21.8. The van der Waals surface area contributed by atoms with E-state index >= 15 is 0 Å². The summed E-state index contributed by atoms with van der Waals surface area (Å²) in [6.45, 7) is 1.37. The molecule has 0 N–H and O–H groups in total. The van der Waals surface area contributed by atoms with Gasteiger partial charge < -0.3 is 9.80 Å². The van der Waals surface area contributed by atoms with Gasteiger partial charge in [0, 0.05) is 45.8 Å². The average molecular weight is 346 g/mol. The Hall–Kier alpha value is -1.85. The van der Waals surface area contributed by atoms with Gasteiger partial charge in [0.2, 0.25) is 11.8 Å². The summed E-state index contributed by atoms with van der Waals surface area (Å²) < 4.78 is 1.81. The third-order valence-corrected chi connectivity index (χ3v) is 5.65. The van der Waals surface area contributed by atoms with Gasteiger partial charge >= 0.3 is 0 Å². The van der Waals surface area contributed by atoms with Gasteiger partial charge in [-0.15, -0.1) is 0 Å². The molecule has 2 heterocycles. The van der Waals surface area contributed by atoms with E-state index in [9.17, 15) is 9.59 Å². The molecule has 3 rings (SSSR count). The number of carbonyl (C=O) groups is 2. The van der Waals surface area contributed by atoms with E-state index in [1.54, 1.807) is 4.68 Å². The van der Waals surface area contributed by atoms with Crippen LogP contribution in [-0.4, -0.2) is 57.6 Å². The number of aromatic nitrogens is 2. The zero-order chi connectivity index (χ0) is 17.8. The summed E-state index contributed by atoms with van der Waals surface area (Å²) in [4.78, 5) is 28.9. The van der Waals surface area contributed by atoms with Crippen molar-refractivity contribution in [3.8, 4) is 0 Å². The molecule has 6 heteroatoms. The molecule has 1 atom stereocenters. The molecule has 2 fully saturated rings. The lowest BCUT2D eigenvalue weighted by Crippen LogP contribution is -2.49. The summed E-state index contributed by atoms with van der Waals surface area (Å²) >= 11 is 0. The van der Waals surface area contributed by atoms with Crippen LogP contribution in [0.1, 0.15) is 50.5 Å². The molecule has 2 amide bonds. The number of aryl methyl sites for hydroxylation is 2. The maximum Gasteiger partial charge on any atom is 0.227 e. The molecule has 0 radical (unpaired) electrons. The number of carbonyl (C=O) groups excluding carboxylic acids is 2. The molecular weight excluding hydrogens is 316 g/mol. The fourth-order valence-corrected chi connectivity index (χ4v) is 4.19. The molecule has 0 bridgehead atoms. The third kappa shape index (κ3) is 4.41. The monoisotopic (exact) mass is 346 g/mol. The Morgan fingerprint density at radius 2 is 2.08 bits per heavy atom. The van der Waals surface area contributed by atoms with Gasteiger partial charge in [0.15, 0.2) is 0 Å². The first-order chi connectivity index (χ1) is 12.0. The Kier molecular flexibility index (Phi) is 5.76. The number of likely N-dealkylation sites (tertiary alicyclic amines) is 1. The Labute approximate surface area is 150 Å². The predicted octanol–water partition coefficient (Wildman–Crippen LogP) is 1.99. The highest BCUT2D eigenvalue weighted by atomic mass is 16.2. The number of amides is 2. The first-order valence-corrected chi connectivity index (χ1v) is 9.56. The van der Waals surface area contributed by atoms with Crippen LogP contribution in [-0.2, 0) is 23.1 Å². The van der Waals surface area contributed by atoms with Gasteiger partial charge in [0.05, 0.1) is 12.1 Å². The second kappa shape index (κ2) is 8.02. The Morgan fingerprint density at radius 1 is 1.32 bits per heavy atom. The van der Waals surface area contributed by atoms with Crippen LogP contribution >= 0.6 is 0 Å². The maximum absolute atomic E-state index is 12.8. The molecule has 1 saturated heterocycles. The standard InChI is InChI=1S/C19H30N4O2/c1-21(11-5-6-15-12-20-22(2)13-15)19(25)16-9-10-18(24)23(14-16)17-7-3-4-8-17/h12-13,16-17H,3-11,14H2,1-2H3. The number of rotatable bonds is 6. The minimum absolute atomic E-state index is 0.0262. The third-order valence-electron chi connectivity index (χ3n) is 5.65. The summed E-state index contributed by atoms with van der Waals surface area (Å²) in [6.07, 6.45) is 11.6. The lowest BCUT2D eigenvalue weighted by atomic mass is 9.94. The fraction of sp³-hybridized carbons (Fsp3) is 0.737. The van der Waals surface area contributed by atoms with Gasteiger partial charge in [-0.05, 0) is 37.7 Å². The van der Waals surface area contributed by atoms with Gasteiger partial charge in [-0.1, -0.05) is 12.8 Å². The summed E-state index contributed by atoms with van der Waals surface area (Å²) in [7, 11) is 3.81. The molecule has 0 spiro atoms. The van der Waals surface area contributed by atoms with Gasteiger partial charge in [-0.3, -0.25) is 14.3 Å². The Morgan fingerprint density at radius 3 is 2.76 bits per heavy atom. The molecule has 1 aromatic rings. The highest BCUT2D eigenvalue weighted by Crippen LogP contribution is 2.29. The van der Waals surface area contributed by atoms with E-state index in [0.29, 0.717) is 25.4 Å². The minimum atomic E-state index is -0.0262. The summed E-state index contributed by atoms with van der Waals surface area (Å²) in [5, 5.41) is 4.17. The second-order valence-corrected chi connectivity index (χ2v) is 7.61. The van der Waals surface area contributed by atoms with Crippen LogP contribution in [0, 0.1) is 5.92 Å². The minimum Gasteiger partial charge on any atom is -0.345 e. The molecule has 1 unspecified atom stereocenters. The van der Waals surface area contributed by atoms with Gasteiger partial charge in [-0.2, -0.15) is 5.10 Å². The topological polar surface area (TPSA) is 58.4 Å². The van der Waals surface area contributed by atoms with Crippen molar-refractivity contribution in [3.05, 3.63) is 18.0 Å². The van der Waals surface area contributed by atoms with Crippen molar-refractivity contribution in [2.75, 3.05) is 20.1 Å². The summed E-state index contributed by atoms with van der Waals surface area (Å²) in [6, 6.07) is 0.374. The van der Waals surface area contributed by atoms with E-state index in [4.69, 9.17) is 0 Å². The van der Waals surface area contributed by atoms with Crippen molar-refractivity contribution < 1.29 is 9.59 Å². The van der Waals surface area contributed by atoms with Crippen molar-refractivity contribution in [1.29, 1.82) is 0 Å². The van der Waals surface area contributed by atoms with Crippen LogP contribution < -0.4 is 0 Å². The Balaban J connectivity index is 1.48. The van der Waals surface area contributed by atoms with E-state index in [-0.39, 0.29) is 17.7 Å². The van der Waals surface area contributed by atoms with E-state index in [1.165, 1.54) is 18.4 Å². The SMILES string of the molecule is CN(CCCc1cnn(C)c1)C(=O)C1CCC(=O)N(C2CCCC2)C1. The molecule has 25 heavy (non-hydrogen) atoms. The number of hydrogen-bond donors (Lipinski definition) is 0. The molecule has 1 aromatic heterocycles. The lowest BCUT2D eigenvalue weighted by molar-refractivity contribution is -0.144. The molecule has 0 aromatic carbocycles. The van der Waals surface area contributed by atoms with Crippen LogP contribution in [0.15, 0.2) is 12.4 Å². The largest absolute Gasteiger partial charge is 0.345 e. The molecule has 1 aliphatic heterocycles. The van der Waals surface area contributed by atoms with Gasteiger partial charge in [0.1, 0.15) is 0 Å². The predicted molar refractivity (Wildman–Crippen MR) is 95.9 cm³/mol. The van der Waals surface area contributed by atoms with E-state index in [1.807, 2.05) is 36.3 Å². The van der Waals surface area contributed by atoms with Crippen LogP contribution in [0.3, 0.4) is 0 Å². The first-order valence-electron chi connectivity index (χ1n) is 9.56. The van der Waals surface area contributed by atoms with Crippen LogP contribution in [0.2, 0.25) is 0 Å². The van der Waals surface area contributed by atoms with E-state index in [2.05, 4.69) is 5.10 Å². The molecule has 2 aliphatic rings. The van der Waals surface area contributed by atoms with Crippen molar-refractivity contribution >= 4 is 11.8 Å². The van der Waals surface area contributed by atoms with E-state index < -0.39 is 0 Å². The zero-order valence-corrected chi connectivity index (χ0v) is 15.5. The molecule has 1 saturated carbocycles. The Bertz CT molecular complexity index is 606. The van der Waals surface area contributed by atoms with Crippen molar-refractivity contribution in [1.82, 2.24) is 19.6 Å². The maximum atomic E-state index is 12.8. The van der Waals surface area contributed by atoms with Crippen molar-refractivity contribution in [2.24, 2.45) is 13.0 Å². The first kappa shape index (κ1) is 18.0. The van der Waals surface area contributed by atoms with Gasteiger partial charge in [0.25, 0.3) is 0 Å². The number of nitrogens with zero attached hydrogens (tertiary/aromatic N) is 4. The lowest BCUT2D eigenvalue weighted by Gasteiger charge is -2.37. The van der Waals surface area contributed by atoms with Crippen molar-refractivity contribution in [3.63, 3.8) is 0 Å². The number of hydrogen-bond acceptors (Lipinski definition) is 3. The highest BCUT2D eigenvalue weighted by molar-refractivity contribution is 5.84. The fourth-order valence-electron chi connectivity index (χ4n) is 4.19. The summed E-state index contributed by atoms with van der Waals surface area (Å²) in [5.41, 5.74) is 1.21. The van der Waals surface area contributed by atoms with Crippen molar-refractivity contribution in [2.45, 2.75) is 57.4 Å². The average Bonchev–Trinajstić information content (AvgIpc) is 3.26. The second-order valence-electron chi connectivity index (χ2n) is 7.61. The molecule has 1 aliphatic carbocycles. The van der Waals surface area contributed by atoms with E-state index in [0.717, 1.165) is 32.2 Å². The number of piperidine rings is 1. The molecule has 138 valence electrons. The van der Waals surface area contributed by atoms with Crippen LogP contribution in [0.25, 0.3) is 0 Å².